The van der Waals surface area contributed by atoms with Crippen molar-refractivity contribution in [1.82, 2.24) is 9.80 Å². The third kappa shape index (κ3) is 7.51. The van der Waals surface area contributed by atoms with Crippen LogP contribution < -0.4 is 0 Å². The molecular formula is C29H40FN3O. The van der Waals surface area contributed by atoms with Crippen molar-refractivity contribution in [3.05, 3.63) is 94.6 Å². The molecule has 0 unspecified atom stereocenters. The fraction of sp³-hybridized carbons (Fsp3) is 0.345. The molecule has 2 aromatic rings. The number of likely N-dealkylation sites (N-methyl/N-ethyl adjacent to an activating group) is 1. The van der Waals surface area contributed by atoms with Crippen molar-refractivity contribution < 1.29 is 10.2 Å². The topological polar surface area (TPSA) is 61.8 Å². The highest BCUT2D eigenvalue weighted by molar-refractivity contribution is 5.82. The number of benzene rings is 2. The second kappa shape index (κ2) is 13.6. The van der Waals surface area contributed by atoms with Gasteiger partial charge >= 0.3 is 0 Å². The molecule has 0 fully saturated rings. The van der Waals surface area contributed by atoms with Gasteiger partial charge in [-0.15, -0.1) is 0 Å². The number of aryl methyl sites for hydroxylation is 2. The second-order valence-corrected chi connectivity index (χ2v) is 8.93. The van der Waals surface area contributed by atoms with Crippen molar-refractivity contribution in [2.24, 2.45) is 0 Å². The smallest absolute Gasteiger partial charge is 0.0443 e. The van der Waals surface area contributed by atoms with E-state index in [-0.39, 0.29) is 10.2 Å². The van der Waals surface area contributed by atoms with Crippen molar-refractivity contribution in [2.45, 2.75) is 33.6 Å². The number of halogens is 1. The van der Waals surface area contributed by atoms with Crippen LogP contribution in [0.25, 0.3) is 11.3 Å². The zero-order valence-corrected chi connectivity index (χ0v) is 21.0. The van der Waals surface area contributed by atoms with E-state index < -0.39 is 0 Å². The number of hydrogen-bond donors (Lipinski definition) is 1. The molecule has 1 heterocycles. The van der Waals surface area contributed by atoms with Crippen LogP contribution in [0.5, 0.6) is 0 Å². The van der Waals surface area contributed by atoms with Crippen molar-refractivity contribution in [3.8, 4) is 0 Å². The third-order valence-electron chi connectivity index (χ3n) is 6.64. The van der Waals surface area contributed by atoms with Crippen LogP contribution in [-0.2, 0) is 0 Å². The van der Waals surface area contributed by atoms with Crippen LogP contribution in [0.2, 0.25) is 0 Å². The summed E-state index contributed by atoms with van der Waals surface area (Å²) in [5.41, 5.74) is 9.77. The van der Waals surface area contributed by atoms with Gasteiger partial charge in [-0.05, 0) is 73.1 Å². The Kier molecular flexibility index (Phi) is 11.6. The first kappa shape index (κ1) is 29.0. The molecule has 1 aliphatic rings. The molecule has 0 atom stereocenters. The normalized spacial score (nSPS) is 14.5. The highest BCUT2D eigenvalue weighted by atomic mass is 19.0. The Morgan fingerprint density at radius 3 is 2.32 bits per heavy atom. The lowest BCUT2D eigenvalue weighted by Gasteiger charge is -2.28. The Bertz CT molecular complexity index is 1030. The Balaban J connectivity index is 0.00000289. The molecule has 184 valence electrons. The van der Waals surface area contributed by atoms with E-state index in [0.717, 1.165) is 44.6 Å². The van der Waals surface area contributed by atoms with Gasteiger partial charge in [0.25, 0.3) is 0 Å². The summed E-state index contributed by atoms with van der Waals surface area (Å²) in [4.78, 5) is 4.88. The number of hydrogen-bond acceptors (Lipinski definition) is 3. The van der Waals surface area contributed by atoms with Gasteiger partial charge in [0, 0.05) is 45.1 Å². The first-order chi connectivity index (χ1) is 15.4. The number of rotatable bonds is 8. The van der Waals surface area contributed by atoms with Gasteiger partial charge in [-0.2, -0.15) is 0 Å². The lowest BCUT2D eigenvalue weighted by atomic mass is 9.99. The summed E-state index contributed by atoms with van der Waals surface area (Å²) < 4.78 is 0. The minimum absolute atomic E-state index is 0. The van der Waals surface area contributed by atoms with E-state index in [1.165, 1.54) is 39.1 Å². The van der Waals surface area contributed by atoms with Crippen molar-refractivity contribution in [1.29, 1.82) is 5.41 Å². The van der Waals surface area contributed by atoms with Crippen molar-refractivity contribution in [3.63, 3.8) is 0 Å². The molecule has 0 aromatic heterocycles. The summed E-state index contributed by atoms with van der Waals surface area (Å²) in [6, 6.07) is 17.2. The van der Waals surface area contributed by atoms with Crippen LogP contribution in [0.15, 0.2) is 72.3 Å². The fourth-order valence-corrected chi connectivity index (χ4v) is 4.13. The molecule has 0 amide bonds. The van der Waals surface area contributed by atoms with Gasteiger partial charge in [0.15, 0.2) is 0 Å². The maximum Gasteiger partial charge on any atom is 0.0443 e. The molecule has 0 radical (unpaired) electrons. The number of nitrogens with one attached hydrogen (secondary N) is 1. The molecule has 34 heavy (non-hydrogen) atoms. The molecule has 2 aromatic carbocycles. The fourth-order valence-electron chi connectivity index (χ4n) is 4.13. The first-order valence-corrected chi connectivity index (χ1v) is 11.5. The van der Waals surface area contributed by atoms with E-state index in [1.807, 2.05) is 0 Å². The summed E-state index contributed by atoms with van der Waals surface area (Å²) in [6.07, 6.45) is 5.80. The van der Waals surface area contributed by atoms with Crippen LogP contribution in [0.3, 0.4) is 0 Å². The third-order valence-corrected chi connectivity index (χ3v) is 6.64. The molecular weight excluding hydrogens is 425 g/mol. The molecule has 3 N–H and O–H groups in total. The molecule has 0 saturated carbocycles. The average molecular weight is 466 g/mol. The van der Waals surface area contributed by atoms with Crippen LogP contribution in [0, 0.1) is 19.3 Å². The standard InChI is InChI=1S/C29H37N3.FH.H2O/c1-22-11-12-27(19-24(22)3)25(4)20-29(26-9-7-6-8-10-26)31(5)17-18-32-15-13-23(2)28(21-30)14-16-32;;/h6-12,19-21,30H,4,13-18H2,1-3,5H3;1H;1H2/b29-20-,30-21?;;. The molecule has 0 spiro atoms. The molecule has 0 bridgehead atoms. The molecule has 3 rings (SSSR count). The minimum Gasteiger partial charge on any atom is -0.412 e. The monoisotopic (exact) mass is 465 g/mol. The Morgan fingerprint density at radius 2 is 1.68 bits per heavy atom. The zero-order chi connectivity index (χ0) is 23.1. The zero-order valence-electron chi connectivity index (χ0n) is 21.0. The lowest BCUT2D eigenvalue weighted by Crippen LogP contribution is -2.33. The summed E-state index contributed by atoms with van der Waals surface area (Å²) in [5, 5.41) is 7.65. The van der Waals surface area contributed by atoms with Crippen molar-refractivity contribution >= 4 is 17.5 Å². The van der Waals surface area contributed by atoms with Gasteiger partial charge in [0.2, 0.25) is 0 Å². The summed E-state index contributed by atoms with van der Waals surface area (Å²) in [6.45, 7) is 14.9. The number of allylic oxidation sites excluding steroid dienone is 2. The molecule has 0 aliphatic carbocycles. The van der Waals surface area contributed by atoms with E-state index in [4.69, 9.17) is 5.41 Å². The highest BCUT2D eigenvalue weighted by Gasteiger charge is 2.15. The Morgan fingerprint density at radius 1 is 1.00 bits per heavy atom. The predicted molar refractivity (Wildman–Crippen MR) is 145 cm³/mol. The molecule has 4 nitrogen and oxygen atoms in total. The van der Waals surface area contributed by atoms with E-state index in [0.29, 0.717) is 0 Å². The van der Waals surface area contributed by atoms with Gasteiger partial charge in [-0.25, -0.2) is 0 Å². The Hall–Kier alpha value is -3.02. The summed E-state index contributed by atoms with van der Waals surface area (Å²) in [7, 11) is 2.18. The molecule has 5 heteroatoms. The maximum absolute atomic E-state index is 7.65. The predicted octanol–water partition coefficient (Wildman–Crippen LogP) is 5.68. The minimum atomic E-state index is 0. The van der Waals surface area contributed by atoms with Gasteiger partial charge in [-0.1, -0.05) is 60.7 Å². The highest BCUT2D eigenvalue weighted by Crippen LogP contribution is 2.25. The molecule has 0 saturated heterocycles. The summed E-state index contributed by atoms with van der Waals surface area (Å²) in [5.74, 6) is 0. The van der Waals surface area contributed by atoms with Gasteiger partial charge < -0.3 is 20.7 Å². The van der Waals surface area contributed by atoms with Crippen LogP contribution >= 0.6 is 0 Å². The van der Waals surface area contributed by atoms with E-state index in [9.17, 15) is 0 Å². The first-order valence-electron chi connectivity index (χ1n) is 11.5. The molecule has 1 aliphatic heterocycles. The quantitative estimate of drug-likeness (QED) is 0.403. The second-order valence-electron chi connectivity index (χ2n) is 8.93. The Labute approximate surface area is 204 Å². The van der Waals surface area contributed by atoms with Crippen LogP contribution in [-0.4, -0.2) is 54.7 Å². The van der Waals surface area contributed by atoms with E-state index in [2.05, 4.69) is 98.8 Å². The lowest BCUT2D eigenvalue weighted by molar-refractivity contribution is 0.263. The number of nitrogens with zero attached hydrogens (tertiary/aromatic N) is 2. The van der Waals surface area contributed by atoms with Crippen LogP contribution in [0.4, 0.5) is 4.70 Å². The van der Waals surface area contributed by atoms with Gasteiger partial charge in [0.1, 0.15) is 0 Å². The largest absolute Gasteiger partial charge is 0.412 e. The SMILES string of the molecule is C=C(/C=C(/c1ccccc1)N(C)CCN1CCC(C)=C(C=N)CC1)c1ccc(C)c(C)c1.F.O. The van der Waals surface area contributed by atoms with E-state index >= 15 is 0 Å². The van der Waals surface area contributed by atoms with E-state index in [1.54, 1.807) is 6.21 Å². The van der Waals surface area contributed by atoms with Crippen molar-refractivity contribution in [2.75, 3.05) is 33.2 Å². The average Bonchev–Trinajstić information content (AvgIpc) is 2.98. The maximum atomic E-state index is 7.65. The van der Waals surface area contributed by atoms with Crippen LogP contribution in [0.1, 0.15) is 42.0 Å². The van der Waals surface area contributed by atoms with Gasteiger partial charge in [0.05, 0.1) is 0 Å². The van der Waals surface area contributed by atoms with Gasteiger partial charge in [-0.3, -0.25) is 4.70 Å². The summed E-state index contributed by atoms with van der Waals surface area (Å²) >= 11 is 0.